The van der Waals surface area contributed by atoms with Crippen molar-refractivity contribution < 1.29 is 14.8 Å². The van der Waals surface area contributed by atoms with E-state index in [-0.39, 0.29) is 12.3 Å². The van der Waals surface area contributed by atoms with Crippen LogP contribution in [0.2, 0.25) is 0 Å². The van der Waals surface area contributed by atoms with Crippen LogP contribution in [0.4, 0.5) is 11.4 Å². The zero-order valence-electron chi connectivity index (χ0n) is 13.4. The van der Waals surface area contributed by atoms with Gasteiger partial charge in [0.15, 0.2) is 0 Å². The molecular weight excluding hydrogens is 316 g/mol. The molecule has 0 radical (unpaired) electrons. The molecule has 5 heteroatoms. The molecule has 4 rings (SSSR count). The Balaban J connectivity index is 1.66. The van der Waals surface area contributed by atoms with Gasteiger partial charge in [0, 0.05) is 0 Å². The fourth-order valence-corrected chi connectivity index (χ4v) is 3.15. The molecule has 2 amide bonds. The van der Waals surface area contributed by atoms with Gasteiger partial charge in [-0.05, 0) is 35.0 Å². The van der Waals surface area contributed by atoms with E-state index in [1.807, 2.05) is 42.5 Å². The first-order valence-electron chi connectivity index (χ1n) is 8.04. The Morgan fingerprint density at radius 3 is 2.32 bits per heavy atom. The van der Waals surface area contributed by atoms with Crippen LogP contribution < -0.4 is 9.96 Å². The van der Waals surface area contributed by atoms with E-state index in [0.29, 0.717) is 11.4 Å². The summed E-state index contributed by atoms with van der Waals surface area (Å²) < 4.78 is 0. The lowest BCUT2D eigenvalue weighted by Crippen LogP contribution is -2.40. The number of anilines is 2. The summed E-state index contributed by atoms with van der Waals surface area (Å²) in [6.45, 7) is 0. The van der Waals surface area contributed by atoms with Crippen LogP contribution in [0.5, 0.6) is 0 Å². The molecule has 0 spiro atoms. The monoisotopic (exact) mass is 332 g/mol. The normalized spacial score (nSPS) is 17.3. The zero-order chi connectivity index (χ0) is 17.4. The molecule has 0 bridgehead atoms. The number of para-hydroxylation sites is 1. The second-order valence-corrected chi connectivity index (χ2v) is 6.00. The molecular formula is C20H16N2O3. The lowest BCUT2D eigenvalue weighted by molar-refractivity contribution is -0.121. The molecule has 0 saturated carbocycles. The first kappa shape index (κ1) is 15.4. The maximum atomic E-state index is 12.8. The molecule has 0 aliphatic carbocycles. The van der Waals surface area contributed by atoms with Gasteiger partial charge in [0.2, 0.25) is 5.91 Å². The van der Waals surface area contributed by atoms with Gasteiger partial charge in [-0.25, -0.2) is 9.96 Å². The third-order valence-corrected chi connectivity index (χ3v) is 4.43. The summed E-state index contributed by atoms with van der Waals surface area (Å²) in [5, 5.41) is 13.2. The smallest absolute Gasteiger partial charge is 0.259 e. The van der Waals surface area contributed by atoms with Crippen LogP contribution in [0.25, 0.3) is 10.8 Å². The zero-order valence-corrected chi connectivity index (χ0v) is 13.4. The predicted molar refractivity (Wildman–Crippen MR) is 95.6 cm³/mol. The fourth-order valence-electron chi connectivity index (χ4n) is 3.15. The quantitative estimate of drug-likeness (QED) is 0.590. The lowest BCUT2D eigenvalue weighted by atomic mass is 10.1. The van der Waals surface area contributed by atoms with E-state index in [1.165, 1.54) is 0 Å². The van der Waals surface area contributed by atoms with Crippen molar-refractivity contribution in [3.05, 3.63) is 72.8 Å². The number of hydrogen-bond donors (Lipinski definition) is 1. The van der Waals surface area contributed by atoms with Gasteiger partial charge >= 0.3 is 0 Å². The van der Waals surface area contributed by atoms with Crippen LogP contribution in [-0.4, -0.2) is 23.1 Å². The molecule has 1 aliphatic rings. The maximum absolute atomic E-state index is 12.8. The molecule has 1 aliphatic heterocycles. The van der Waals surface area contributed by atoms with E-state index in [0.717, 1.165) is 20.7 Å². The van der Waals surface area contributed by atoms with E-state index < -0.39 is 11.9 Å². The number of hydrogen-bond acceptors (Lipinski definition) is 4. The van der Waals surface area contributed by atoms with Crippen LogP contribution in [-0.2, 0) is 9.59 Å². The first-order valence-corrected chi connectivity index (χ1v) is 8.04. The SMILES string of the molecule is O=C1CC(N(O)c2ccccc2)C(=O)N1c1ccc2ccccc2c1. The summed E-state index contributed by atoms with van der Waals surface area (Å²) >= 11 is 0. The van der Waals surface area contributed by atoms with Crippen molar-refractivity contribution in [2.24, 2.45) is 0 Å². The van der Waals surface area contributed by atoms with Gasteiger partial charge < -0.3 is 0 Å². The van der Waals surface area contributed by atoms with Gasteiger partial charge in [0.1, 0.15) is 6.04 Å². The number of benzene rings is 3. The molecule has 1 atom stereocenters. The summed E-state index contributed by atoms with van der Waals surface area (Å²) in [6, 6.07) is 21.0. The Bertz CT molecular complexity index is 955. The minimum atomic E-state index is -0.915. The molecule has 3 aromatic rings. The van der Waals surface area contributed by atoms with Gasteiger partial charge in [-0.1, -0.05) is 48.5 Å². The standard InChI is InChI=1S/C20H16N2O3/c23-19-13-18(22(25)16-8-2-1-3-9-16)20(24)21(19)17-11-10-14-6-4-5-7-15(14)12-17/h1-12,18,25H,13H2. The van der Waals surface area contributed by atoms with Crippen LogP contribution in [0.15, 0.2) is 72.8 Å². The van der Waals surface area contributed by atoms with Crippen LogP contribution in [0.3, 0.4) is 0 Å². The molecule has 1 N–H and O–H groups in total. The van der Waals surface area contributed by atoms with Crippen LogP contribution >= 0.6 is 0 Å². The van der Waals surface area contributed by atoms with E-state index >= 15 is 0 Å². The van der Waals surface area contributed by atoms with Crippen molar-refractivity contribution >= 4 is 34.0 Å². The van der Waals surface area contributed by atoms with E-state index in [9.17, 15) is 14.8 Å². The predicted octanol–water partition coefficient (Wildman–Crippen LogP) is 3.37. The van der Waals surface area contributed by atoms with Gasteiger partial charge in [0.25, 0.3) is 5.91 Å². The maximum Gasteiger partial charge on any atom is 0.259 e. The van der Waals surface area contributed by atoms with Crippen LogP contribution in [0, 0.1) is 0 Å². The third kappa shape index (κ3) is 2.64. The highest BCUT2D eigenvalue weighted by Crippen LogP contribution is 2.29. The highest BCUT2D eigenvalue weighted by atomic mass is 16.5. The topological polar surface area (TPSA) is 60.9 Å². The van der Waals surface area contributed by atoms with Gasteiger partial charge in [-0.3, -0.25) is 14.8 Å². The Kier molecular flexibility index (Phi) is 3.71. The molecule has 1 fully saturated rings. The molecule has 25 heavy (non-hydrogen) atoms. The fraction of sp³-hybridized carbons (Fsp3) is 0.100. The van der Waals surface area contributed by atoms with Crippen molar-refractivity contribution in [1.82, 2.24) is 0 Å². The van der Waals surface area contributed by atoms with E-state index in [4.69, 9.17) is 0 Å². The summed E-state index contributed by atoms with van der Waals surface area (Å²) in [7, 11) is 0. The number of hydroxylamine groups is 1. The number of amides is 2. The molecule has 1 unspecified atom stereocenters. The van der Waals surface area contributed by atoms with E-state index in [2.05, 4.69) is 0 Å². The lowest BCUT2D eigenvalue weighted by Gasteiger charge is -2.22. The van der Waals surface area contributed by atoms with Crippen molar-refractivity contribution in [3.8, 4) is 0 Å². The van der Waals surface area contributed by atoms with Crippen molar-refractivity contribution in [1.29, 1.82) is 0 Å². The number of carbonyl (C=O) groups is 2. The summed E-state index contributed by atoms with van der Waals surface area (Å²) in [4.78, 5) is 26.4. The second-order valence-electron chi connectivity index (χ2n) is 6.00. The van der Waals surface area contributed by atoms with E-state index in [1.54, 1.807) is 30.3 Å². The molecule has 1 heterocycles. The van der Waals surface area contributed by atoms with Crippen molar-refractivity contribution in [2.45, 2.75) is 12.5 Å². The molecule has 1 saturated heterocycles. The highest BCUT2D eigenvalue weighted by molar-refractivity contribution is 6.23. The number of fused-ring (bicyclic) bond motifs is 1. The number of carbonyl (C=O) groups excluding carboxylic acids is 2. The van der Waals surface area contributed by atoms with Crippen LogP contribution in [0.1, 0.15) is 6.42 Å². The Labute approximate surface area is 144 Å². The molecule has 124 valence electrons. The van der Waals surface area contributed by atoms with Gasteiger partial charge in [-0.2, -0.15) is 0 Å². The minimum Gasteiger partial charge on any atom is -0.288 e. The Hall–Kier alpha value is -3.18. The average molecular weight is 332 g/mol. The highest BCUT2D eigenvalue weighted by Gasteiger charge is 2.43. The molecule has 5 nitrogen and oxygen atoms in total. The average Bonchev–Trinajstić information content (AvgIpc) is 2.95. The number of rotatable bonds is 3. The Morgan fingerprint density at radius 2 is 1.56 bits per heavy atom. The summed E-state index contributed by atoms with van der Waals surface area (Å²) in [5.74, 6) is -0.744. The van der Waals surface area contributed by atoms with Gasteiger partial charge in [-0.15, -0.1) is 0 Å². The number of imide groups is 1. The third-order valence-electron chi connectivity index (χ3n) is 4.43. The summed E-state index contributed by atoms with van der Waals surface area (Å²) in [5.41, 5.74) is 1.01. The minimum absolute atomic E-state index is 0.0585. The second kappa shape index (κ2) is 6.03. The van der Waals surface area contributed by atoms with Crippen molar-refractivity contribution in [2.75, 3.05) is 9.96 Å². The first-order chi connectivity index (χ1) is 12.1. The number of nitrogens with zero attached hydrogens (tertiary/aromatic N) is 2. The summed E-state index contributed by atoms with van der Waals surface area (Å²) in [6.07, 6.45) is -0.0585. The molecule has 0 aromatic heterocycles. The van der Waals surface area contributed by atoms with Gasteiger partial charge in [0.05, 0.1) is 17.8 Å². The van der Waals surface area contributed by atoms with Crippen molar-refractivity contribution in [3.63, 3.8) is 0 Å². The molecule has 3 aromatic carbocycles. The Morgan fingerprint density at radius 1 is 0.880 bits per heavy atom. The largest absolute Gasteiger partial charge is 0.288 e.